The highest BCUT2D eigenvalue weighted by atomic mass is 32.2. The first-order valence-electron chi connectivity index (χ1n) is 8.40. The van der Waals surface area contributed by atoms with Crippen LogP contribution < -0.4 is 10.0 Å². The van der Waals surface area contributed by atoms with Crippen molar-refractivity contribution in [2.75, 3.05) is 0 Å². The molecular formula is C18H22N2O4S. The maximum atomic E-state index is 12.6. The van der Waals surface area contributed by atoms with Crippen LogP contribution in [0.4, 0.5) is 0 Å². The number of rotatable bonds is 6. The van der Waals surface area contributed by atoms with Crippen molar-refractivity contribution in [2.24, 2.45) is 0 Å². The van der Waals surface area contributed by atoms with E-state index in [9.17, 15) is 13.2 Å². The number of hydrogen-bond acceptors (Lipinski definition) is 4. The van der Waals surface area contributed by atoms with Gasteiger partial charge in [-0.15, -0.1) is 0 Å². The molecule has 1 amide bonds. The van der Waals surface area contributed by atoms with Gasteiger partial charge in [0.25, 0.3) is 0 Å². The molecule has 25 heavy (non-hydrogen) atoms. The molecule has 3 rings (SSSR count). The quantitative estimate of drug-likeness (QED) is 0.824. The second-order valence-electron chi connectivity index (χ2n) is 6.28. The average Bonchev–Trinajstić information content (AvgIpc) is 3.12. The monoisotopic (exact) mass is 362 g/mol. The van der Waals surface area contributed by atoms with Gasteiger partial charge in [0.15, 0.2) is 0 Å². The highest BCUT2D eigenvalue weighted by Crippen LogP contribution is 2.24. The Labute approximate surface area is 147 Å². The normalized spacial score (nSPS) is 15.4. The van der Waals surface area contributed by atoms with E-state index < -0.39 is 22.0 Å². The molecule has 1 aliphatic rings. The van der Waals surface area contributed by atoms with Crippen LogP contribution >= 0.6 is 0 Å². The lowest BCUT2D eigenvalue weighted by atomic mass is 9.92. The molecule has 0 fully saturated rings. The number of carbonyl (C=O) groups excluding carboxylic acids is 1. The lowest BCUT2D eigenvalue weighted by Crippen LogP contribution is -2.44. The molecular weight excluding hydrogens is 340 g/mol. The van der Waals surface area contributed by atoms with Crippen molar-refractivity contribution in [3.05, 3.63) is 53.5 Å². The van der Waals surface area contributed by atoms with Crippen LogP contribution in [0.2, 0.25) is 0 Å². The summed E-state index contributed by atoms with van der Waals surface area (Å²) >= 11 is 0. The van der Waals surface area contributed by atoms with Gasteiger partial charge in [0.2, 0.25) is 15.9 Å². The van der Waals surface area contributed by atoms with Gasteiger partial charge in [-0.1, -0.05) is 6.07 Å². The van der Waals surface area contributed by atoms with Gasteiger partial charge in [-0.05, 0) is 68.0 Å². The highest BCUT2D eigenvalue weighted by Gasteiger charge is 2.23. The summed E-state index contributed by atoms with van der Waals surface area (Å²) in [6.45, 7) is 1.74. The predicted molar refractivity (Wildman–Crippen MR) is 93.4 cm³/mol. The molecule has 0 radical (unpaired) electrons. The molecule has 1 aromatic carbocycles. The topological polar surface area (TPSA) is 88.4 Å². The number of hydrogen-bond donors (Lipinski definition) is 2. The van der Waals surface area contributed by atoms with Crippen molar-refractivity contribution >= 4 is 15.9 Å². The van der Waals surface area contributed by atoms with Crippen molar-refractivity contribution in [1.82, 2.24) is 10.0 Å². The van der Waals surface area contributed by atoms with Crippen LogP contribution in [0.5, 0.6) is 0 Å². The lowest BCUT2D eigenvalue weighted by molar-refractivity contribution is -0.122. The van der Waals surface area contributed by atoms with Gasteiger partial charge in [0, 0.05) is 0 Å². The van der Waals surface area contributed by atoms with Crippen molar-refractivity contribution in [1.29, 1.82) is 0 Å². The Morgan fingerprint density at radius 1 is 1.20 bits per heavy atom. The van der Waals surface area contributed by atoms with E-state index in [-0.39, 0.29) is 11.4 Å². The van der Waals surface area contributed by atoms with Gasteiger partial charge < -0.3 is 9.73 Å². The Bertz CT molecular complexity index is 844. The SMILES string of the molecule is C[C@@H](NS(=O)(=O)c1ccc2c(c1)CCCC2)C(=O)NCc1ccco1. The molecule has 7 heteroatoms. The minimum absolute atomic E-state index is 0.207. The van der Waals surface area contributed by atoms with E-state index in [1.54, 1.807) is 24.3 Å². The van der Waals surface area contributed by atoms with E-state index in [1.807, 2.05) is 6.07 Å². The maximum absolute atomic E-state index is 12.6. The van der Waals surface area contributed by atoms with Crippen LogP contribution in [0.3, 0.4) is 0 Å². The third-order valence-electron chi connectivity index (χ3n) is 4.37. The molecule has 2 aromatic rings. The standard InChI is InChI=1S/C18H22N2O4S/c1-13(18(21)19-12-16-7-4-10-24-16)20-25(22,23)17-9-8-14-5-2-3-6-15(14)11-17/h4,7-11,13,20H,2-3,5-6,12H2,1H3,(H,19,21)/t13-/m1/s1. The van der Waals surface area contributed by atoms with E-state index in [4.69, 9.17) is 4.42 Å². The van der Waals surface area contributed by atoms with Gasteiger partial charge in [0.05, 0.1) is 23.7 Å². The Morgan fingerprint density at radius 3 is 2.68 bits per heavy atom. The third kappa shape index (κ3) is 4.29. The average molecular weight is 362 g/mol. The van der Waals surface area contributed by atoms with E-state index in [1.165, 1.54) is 18.8 Å². The molecule has 1 heterocycles. The van der Waals surface area contributed by atoms with Crippen LogP contribution in [-0.2, 0) is 34.2 Å². The molecule has 0 unspecified atom stereocenters. The number of amides is 1. The number of fused-ring (bicyclic) bond motifs is 1. The fraction of sp³-hybridized carbons (Fsp3) is 0.389. The van der Waals surface area contributed by atoms with E-state index in [0.29, 0.717) is 5.76 Å². The van der Waals surface area contributed by atoms with Gasteiger partial charge in [0.1, 0.15) is 5.76 Å². The van der Waals surface area contributed by atoms with Crippen LogP contribution in [0.1, 0.15) is 36.7 Å². The summed E-state index contributed by atoms with van der Waals surface area (Å²) in [5.41, 5.74) is 2.30. The van der Waals surface area contributed by atoms with Crippen LogP contribution in [-0.4, -0.2) is 20.4 Å². The summed E-state index contributed by atoms with van der Waals surface area (Å²) in [4.78, 5) is 12.3. The number of nitrogens with one attached hydrogen (secondary N) is 2. The molecule has 0 aliphatic heterocycles. The molecule has 1 aliphatic carbocycles. The van der Waals surface area contributed by atoms with E-state index in [0.717, 1.165) is 31.2 Å². The summed E-state index contributed by atoms with van der Waals surface area (Å²) < 4.78 is 32.7. The van der Waals surface area contributed by atoms with Crippen molar-refractivity contribution in [3.63, 3.8) is 0 Å². The van der Waals surface area contributed by atoms with Crippen molar-refractivity contribution < 1.29 is 17.6 Å². The molecule has 0 saturated heterocycles. The van der Waals surface area contributed by atoms with Gasteiger partial charge in [-0.2, -0.15) is 4.72 Å². The zero-order chi connectivity index (χ0) is 17.9. The van der Waals surface area contributed by atoms with E-state index >= 15 is 0 Å². The number of aryl methyl sites for hydroxylation is 2. The zero-order valence-corrected chi connectivity index (χ0v) is 14.9. The summed E-state index contributed by atoms with van der Waals surface area (Å²) in [5, 5.41) is 2.65. The zero-order valence-electron chi connectivity index (χ0n) is 14.1. The largest absolute Gasteiger partial charge is 0.467 e. The minimum Gasteiger partial charge on any atom is -0.467 e. The fourth-order valence-corrected chi connectivity index (χ4v) is 4.22. The summed E-state index contributed by atoms with van der Waals surface area (Å²) in [5.74, 6) is 0.205. The number of sulfonamides is 1. The summed E-state index contributed by atoms with van der Waals surface area (Å²) in [6, 6.07) is 7.80. The molecule has 0 spiro atoms. The first-order chi connectivity index (χ1) is 12.0. The van der Waals surface area contributed by atoms with Gasteiger partial charge >= 0.3 is 0 Å². The molecule has 1 aromatic heterocycles. The highest BCUT2D eigenvalue weighted by molar-refractivity contribution is 7.89. The van der Waals surface area contributed by atoms with Gasteiger partial charge in [-0.3, -0.25) is 4.79 Å². The van der Waals surface area contributed by atoms with Crippen LogP contribution in [0.25, 0.3) is 0 Å². The smallest absolute Gasteiger partial charge is 0.241 e. The summed E-state index contributed by atoms with van der Waals surface area (Å²) in [7, 11) is -3.74. The molecule has 6 nitrogen and oxygen atoms in total. The van der Waals surface area contributed by atoms with Crippen LogP contribution in [0.15, 0.2) is 45.9 Å². The minimum atomic E-state index is -3.74. The molecule has 0 bridgehead atoms. The van der Waals surface area contributed by atoms with Crippen molar-refractivity contribution in [3.8, 4) is 0 Å². The Balaban J connectivity index is 1.65. The van der Waals surface area contributed by atoms with E-state index in [2.05, 4.69) is 10.0 Å². The summed E-state index contributed by atoms with van der Waals surface area (Å²) in [6.07, 6.45) is 5.63. The predicted octanol–water partition coefficient (Wildman–Crippen LogP) is 2.14. The third-order valence-corrected chi connectivity index (χ3v) is 5.91. The first kappa shape index (κ1) is 17.7. The maximum Gasteiger partial charge on any atom is 0.241 e. The molecule has 0 saturated carbocycles. The molecule has 1 atom stereocenters. The van der Waals surface area contributed by atoms with Crippen molar-refractivity contribution in [2.45, 2.75) is 50.1 Å². The Kier molecular flexibility index (Phi) is 5.24. The number of benzene rings is 1. The molecule has 134 valence electrons. The second kappa shape index (κ2) is 7.41. The molecule has 2 N–H and O–H groups in total. The first-order valence-corrected chi connectivity index (χ1v) is 9.88. The Hall–Kier alpha value is -2.12. The Morgan fingerprint density at radius 2 is 1.96 bits per heavy atom. The number of furan rings is 1. The van der Waals surface area contributed by atoms with Gasteiger partial charge in [-0.25, -0.2) is 8.42 Å². The van der Waals surface area contributed by atoms with Crippen LogP contribution in [0, 0.1) is 0 Å². The lowest BCUT2D eigenvalue weighted by Gasteiger charge is -2.18. The fourth-order valence-electron chi connectivity index (χ4n) is 2.97. The second-order valence-corrected chi connectivity index (χ2v) is 7.99. The number of carbonyl (C=O) groups is 1.